The van der Waals surface area contributed by atoms with Gasteiger partial charge in [-0.2, -0.15) is 5.26 Å². The van der Waals surface area contributed by atoms with Crippen LogP contribution in [-0.4, -0.2) is 37.7 Å². The molecular weight excluding hydrogens is 288 g/mol. The average molecular weight is 308 g/mol. The molecule has 1 aliphatic rings. The molecular formula is C19H20N2O2. The lowest BCUT2D eigenvalue weighted by Gasteiger charge is -2.37. The number of hydrogen-bond acceptors (Lipinski definition) is 4. The van der Waals surface area contributed by atoms with Crippen molar-refractivity contribution in [3.05, 3.63) is 54.1 Å². The van der Waals surface area contributed by atoms with Gasteiger partial charge in [-0.05, 0) is 28.8 Å². The summed E-state index contributed by atoms with van der Waals surface area (Å²) in [5.74, 6) is 0.863. The lowest BCUT2D eigenvalue weighted by Crippen LogP contribution is -2.51. The molecule has 1 aliphatic heterocycles. The summed E-state index contributed by atoms with van der Waals surface area (Å²) >= 11 is 0. The summed E-state index contributed by atoms with van der Waals surface area (Å²) in [7, 11) is 1.68. The van der Waals surface area contributed by atoms with E-state index in [2.05, 4.69) is 41.3 Å². The number of likely N-dealkylation sites (tertiary alicyclic amines) is 1. The Morgan fingerprint density at radius 1 is 1.13 bits per heavy atom. The first-order valence-corrected chi connectivity index (χ1v) is 7.73. The van der Waals surface area contributed by atoms with Crippen LogP contribution in [0.15, 0.2) is 48.5 Å². The largest absolute Gasteiger partial charge is 0.497 e. The van der Waals surface area contributed by atoms with E-state index in [1.807, 2.05) is 18.2 Å². The third kappa shape index (κ3) is 3.89. The zero-order chi connectivity index (χ0) is 16.1. The monoisotopic (exact) mass is 308 g/mol. The Morgan fingerprint density at radius 2 is 1.91 bits per heavy atom. The Hall–Kier alpha value is -2.35. The first-order chi connectivity index (χ1) is 11.3. The summed E-state index contributed by atoms with van der Waals surface area (Å²) in [6, 6.07) is 18.6. The Labute approximate surface area is 136 Å². The molecule has 2 aromatic carbocycles. The Kier molecular flexibility index (Phi) is 4.92. The number of ether oxygens (including phenoxy) is 2. The van der Waals surface area contributed by atoms with Crippen LogP contribution in [0.3, 0.4) is 0 Å². The highest BCUT2D eigenvalue weighted by molar-refractivity contribution is 5.65. The van der Waals surface area contributed by atoms with Crippen molar-refractivity contribution in [1.29, 1.82) is 5.26 Å². The zero-order valence-corrected chi connectivity index (χ0v) is 13.2. The van der Waals surface area contributed by atoms with Crippen LogP contribution in [0.1, 0.15) is 5.56 Å². The smallest absolute Gasteiger partial charge is 0.119 e. The quantitative estimate of drug-likeness (QED) is 0.769. The summed E-state index contributed by atoms with van der Waals surface area (Å²) in [4.78, 5) is 2.08. The van der Waals surface area contributed by atoms with Crippen molar-refractivity contribution in [1.82, 2.24) is 4.90 Å². The molecule has 23 heavy (non-hydrogen) atoms. The highest BCUT2D eigenvalue weighted by atomic mass is 16.5. The molecule has 0 unspecified atom stereocenters. The molecule has 2 aromatic rings. The van der Waals surface area contributed by atoms with Crippen LogP contribution in [0, 0.1) is 11.3 Å². The van der Waals surface area contributed by atoms with Gasteiger partial charge in [0.2, 0.25) is 0 Å². The number of nitrogens with zero attached hydrogens (tertiary/aromatic N) is 2. The minimum Gasteiger partial charge on any atom is -0.497 e. The number of benzene rings is 2. The predicted molar refractivity (Wildman–Crippen MR) is 89.1 cm³/mol. The second kappa shape index (κ2) is 7.28. The van der Waals surface area contributed by atoms with E-state index in [0.717, 1.165) is 35.5 Å². The summed E-state index contributed by atoms with van der Waals surface area (Å²) in [5.41, 5.74) is 3.47. The van der Waals surface area contributed by atoms with Gasteiger partial charge in [-0.25, -0.2) is 0 Å². The van der Waals surface area contributed by atoms with Crippen LogP contribution < -0.4 is 4.74 Å². The molecule has 1 saturated heterocycles. The van der Waals surface area contributed by atoms with Gasteiger partial charge in [-0.15, -0.1) is 0 Å². The molecule has 0 atom stereocenters. The molecule has 1 heterocycles. The zero-order valence-electron chi connectivity index (χ0n) is 13.2. The van der Waals surface area contributed by atoms with Gasteiger partial charge < -0.3 is 9.47 Å². The minimum absolute atomic E-state index is 0.251. The van der Waals surface area contributed by atoms with Gasteiger partial charge in [0.05, 0.1) is 32.4 Å². The second-order valence-electron chi connectivity index (χ2n) is 5.71. The Bertz CT molecular complexity index is 685. The molecule has 0 saturated carbocycles. The molecule has 118 valence electrons. The van der Waals surface area contributed by atoms with Gasteiger partial charge in [0.25, 0.3) is 0 Å². The van der Waals surface area contributed by atoms with Gasteiger partial charge in [0.1, 0.15) is 5.75 Å². The maximum atomic E-state index is 8.61. The third-order valence-electron chi connectivity index (χ3n) is 4.06. The predicted octanol–water partition coefficient (Wildman–Crippen LogP) is 3.09. The molecule has 1 fully saturated rings. The van der Waals surface area contributed by atoms with E-state index in [0.29, 0.717) is 13.2 Å². The second-order valence-corrected chi connectivity index (χ2v) is 5.71. The van der Waals surface area contributed by atoms with Crippen LogP contribution in [0.4, 0.5) is 0 Å². The Morgan fingerprint density at radius 3 is 2.61 bits per heavy atom. The van der Waals surface area contributed by atoms with Crippen LogP contribution in [0.25, 0.3) is 11.1 Å². The Balaban J connectivity index is 1.54. The average Bonchev–Trinajstić information content (AvgIpc) is 2.57. The standard InChI is InChI=1S/C19H20N2O2/c1-22-18-4-2-3-17(11-18)16-7-5-15(6-8-16)14-23-19-12-21(13-19)10-9-20/h2-8,11,19H,10,12-14H2,1H3. The fourth-order valence-electron chi connectivity index (χ4n) is 2.67. The molecule has 0 bridgehead atoms. The molecule has 3 rings (SSSR count). The number of nitriles is 1. The number of hydrogen-bond donors (Lipinski definition) is 0. The van der Waals surface area contributed by atoms with Crippen LogP contribution >= 0.6 is 0 Å². The molecule has 0 N–H and O–H groups in total. The lowest BCUT2D eigenvalue weighted by molar-refractivity contribution is -0.0572. The van der Waals surface area contributed by atoms with E-state index in [4.69, 9.17) is 14.7 Å². The van der Waals surface area contributed by atoms with Crippen molar-refractivity contribution >= 4 is 0 Å². The summed E-state index contributed by atoms with van der Waals surface area (Å²) in [6.07, 6.45) is 0.251. The molecule has 0 amide bonds. The third-order valence-corrected chi connectivity index (χ3v) is 4.06. The molecule has 0 radical (unpaired) electrons. The summed E-state index contributed by atoms with van der Waals surface area (Å²) in [5, 5.41) is 8.61. The molecule has 4 nitrogen and oxygen atoms in total. The SMILES string of the molecule is COc1cccc(-c2ccc(COC3CN(CC#N)C3)cc2)c1. The van der Waals surface area contributed by atoms with E-state index >= 15 is 0 Å². The summed E-state index contributed by atoms with van der Waals surface area (Å²) < 4.78 is 11.1. The first kappa shape index (κ1) is 15.5. The van der Waals surface area contributed by atoms with Gasteiger partial charge in [0, 0.05) is 13.1 Å². The van der Waals surface area contributed by atoms with E-state index in [1.54, 1.807) is 7.11 Å². The maximum absolute atomic E-state index is 8.61. The highest BCUT2D eigenvalue weighted by Gasteiger charge is 2.26. The fourth-order valence-corrected chi connectivity index (χ4v) is 2.67. The van der Waals surface area contributed by atoms with Gasteiger partial charge in [-0.3, -0.25) is 4.90 Å². The molecule has 0 aliphatic carbocycles. The van der Waals surface area contributed by atoms with E-state index in [9.17, 15) is 0 Å². The molecule has 4 heteroatoms. The van der Waals surface area contributed by atoms with Crippen LogP contribution in [0.2, 0.25) is 0 Å². The van der Waals surface area contributed by atoms with Crippen LogP contribution in [-0.2, 0) is 11.3 Å². The number of methoxy groups -OCH3 is 1. The fraction of sp³-hybridized carbons (Fsp3) is 0.316. The van der Waals surface area contributed by atoms with Gasteiger partial charge >= 0.3 is 0 Å². The minimum atomic E-state index is 0.251. The highest BCUT2D eigenvalue weighted by Crippen LogP contribution is 2.24. The summed E-state index contributed by atoms with van der Waals surface area (Å²) in [6.45, 7) is 2.82. The normalized spacial score (nSPS) is 15.0. The van der Waals surface area contributed by atoms with Crippen molar-refractivity contribution in [3.8, 4) is 22.9 Å². The lowest BCUT2D eigenvalue weighted by atomic mass is 10.0. The van der Waals surface area contributed by atoms with Crippen molar-refractivity contribution in [2.45, 2.75) is 12.7 Å². The first-order valence-electron chi connectivity index (χ1n) is 7.73. The van der Waals surface area contributed by atoms with Crippen molar-refractivity contribution in [2.75, 3.05) is 26.7 Å². The van der Waals surface area contributed by atoms with E-state index in [1.165, 1.54) is 0 Å². The maximum Gasteiger partial charge on any atom is 0.119 e. The van der Waals surface area contributed by atoms with Gasteiger partial charge in [0.15, 0.2) is 0 Å². The van der Waals surface area contributed by atoms with Crippen molar-refractivity contribution in [2.24, 2.45) is 0 Å². The van der Waals surface area contributed by atoms with E-state index < -0.39 is 0 Å². The topological polar surface area (TPSA) is 45.5 Å². The van der Waals surface area contributed by atoms with Crippen molar-refractivity contribution < 1.29 is 9.47 Å². The van der Waals surface area contributed by atoms with Crippen LogP contribution in [0.5, 0.6) is 5.75 Å². The molecule has 0 spiro atoms. The van der Waals surface area contributed by atoms with E-state index in [-0.39, 0.29) is 6.10 Å². The van der Waals surface area contributed by atoms with Gasteiger partial charge in [-0.1, -0.05) is 36.4 Å². The number of rotatable bonds is 6. The van der Waals surface area contributed by atoms with Crippen molar-refractivity contribution in [3.63, 3.8) is 0 Å². The molecule has 0 aromatic heterocycles.